The van der Waals surface area contributed by atoms with E-state index in [0.29, 0.717) is 123 Å². The lowest BCUT2D eigenvalue weighted by Crippen LogP contribution is -2.53. The van der Waals surface area contributed by atoms with Crippen LogP contribution in [-0.4, -0.2) is 100 Å². The Morgan fingerprint density at radius 2 is 1.05 bits per heavy atom. The summed E-state index contributed by atoms with van der Waals surface area (Å²) in [6.07, 6.45) is 12.1. The molecule has 74 heavy (non-hydrogen) atoms. The Balaban J connectivity index is 0.564. The maximum absolute atomic E-state index is 14.0. The van der Waals surface area contributed by atoms with Crippen molar-refractivity contribution in [3.8, 4) is 0 Å². The van der Waals surface area contributed by atoms with Crippen LogP contribution in [0.3, 0.4) is 0 Å². The molecule has 6 aliphatic rings. The van der Waals surface area contributed by atoms with Crippen LogP contribution in [0.4, 0.5) is 22.7 Å². The van der Waals surface area contributed by atoms with E-state index in [0.717, 1.165) is 84.5 Å². The third kappa shape index (κ3) is 12.5. The molecule has 2 heterocycles. The molecule has 0 saturated heterocycles. The fourth-order valence-electron chi connectivity index (χ4n) is 10.9. The second-order valence-electron chi connectivity index (χ2n) is 21.2. The van der Waals surface area contributed by atoms with E-state index in [4.69, 9.17) is 55.9 Å². The van der Waals surface area contributed by atoms with Gasteiger partial charge in [-0.1, -0.05) is 70.7 Å². The average Bonchev–Trinajstić information content (AvgIpc) is 4.17. The van der Waals surface area contributed by atoms with E-state index < -0.39 is 5.54 Å². The Bertz CT molecular complexity index is 2540. The third-order valence-electron chi connectivity index (χ3n) is 15.9. The molecule has 0 unspecified atom stereocenters. The number of halogens is 4. The van der Waals surface area contributed by atoms with Gasteiger partial charge < -0.3 is 34.4 Å². The van der Waals surface area contributed by atoms with E-state index in [1.54, 1.807) is 0 Å². The summed E-state index contributed by atoms with van der Waals surface area (Å²) in [4.78, 5) is 62.3. The maximum Gasteiger partial charge on any atom is 0.247 e. The van der Waals surface area contributed by atoms with Crippen molar-refractivity contribution in [1.29, 1.82) is 0 Å². The lowest BCUT2D eigenvalue weighted by atomic mass is 9.93. The number of benzene rings is 4. The summed E-state index contributed by atoms with van der Waals surface area (Å²) in [5.74, 6) is 0.354. The molecule has 4 aromatic carbocycles. The third-order valence-corrected chi connectivity index (χ3v) is 17.3. The predicted octanol–water partition coefficient (Wildman–Crippen LogP) is 10.7. The molecule has 4 aromatic rings. The normalized spacial score (nSPS) is 18.2. The molecule has 10 rings (SSSR count). The van der Waals surface area contributed by atoms with Gasteiger partial charge >= 0.3 is 0 Å². The lowest BCUT2D eigenvalue weighted by molar-refractivity contribution is -0.124. The van der Waals surface area contributed by atoms with Crippen LogP contribution in [0.15, 0.2) is 72.8 Å². The molecule has 12 nitrogen and oxygen atoms in total. The van der Waals surface area contributed by atoms with Gasteiger partial charge in [-0.05, 0) is 154 Å². The first kappa shape index (κ1) is 53.0. The van der Waals surface area contributed by atoms with E-state index >= 15 is 0 Å². The van der Waals surface area contributed by atoms with Crippen LogP contribution in [-0.2, 0) is 54.5 Å². The van der Waals surface area contributed by atoms with E-state index in [1.165, 1.54) is 31.4 Å². The highest BCUT2D eigenvalue weighted by Crippen LogP contribution is 2.53. The van der Waals surface area contributed by atoms with Crippen LogP contribution in [0.2, 0.25) is 20.1 Å². The van der Waals surface area contributed by atoms with E-state index in [9.17, 15) is 19.2 Å². The molecule has 4 fully saturated rings. The van der Waals surface area contributed by atoms with Gasteiger partial charge in [-0.3, -0.25) is 24.5 Å². The first-order chi connectivity index (χ1) is 35.9. The number of ketones is 1. The number of aryl methyl sites for hydroxylation is 3. The fraction of sp³-hybridized carbons (Fsp3) is 0.517. The number of nitrogens with zero attached hydrogens (tertiary/aromatic N) is 4. The monoisotopic (exact) mass is 1080 g/mol. The van der Waals surface area contributed by atoms with Crippen molar-refractivity contribution in [2.24, 2.45) is 5.41 Å². The smallest absolute Gasteiger partial charge is 0.247 e. The van der Waals surface area contributed by atoms with E-state index in [-0.39, 0.29) is 35.3 Å². The zero-order valence-electron chi connectivity index (χ0n) is 42.2. The Labute approximate surface area is 455 Å². The highest BCUT2D eigenvalue weighted by Gasteiger charge is 2.54. The molecule has 3 amide bonds. The number of rotatable bonds is 26. The number of Topliss-reactive ketones (excluding diaryl/α,β-unsaturated/α-hetero) is 1. The van der Waals surface area contributed by atoms with Crippen molar-refractivity contribution >= 4 is 92.7 Å². The Kier molecular flexibility index (Phi) is 16.8. The van der Waals surface area contributed by atoms with E-state index in [1.807, 2.05) is 52.3 Å². The van der Waals surface area contributed by atoms with Crippen LogP contribution in [0.25, 0.3) is 0 Å². The molecule has 2 N–H and O–H groups in total. The van der Waals surface area contributed by atoms with Gasteiger partial charge in [-0.25, -0.2) is 0 Å². The second-order valence-corrected chi connectivity index (χ2v) is 22.9. The molecule has 394 valence electrons. The van der Waals surface area contributed by atoms with Gasteiger partial charge in [0.2, 0.25) is 17.7 Å². The number of hydrogen-bond donors (Lipinski definition) is 2. The van der Waals surface area contributed by atoms with Gasteiger partial charge in [0.15, 0.2) is 0 Å². The van der Waals surface area contributed by atoms with Crippen LogP contribution in [0.5, 0.6) is 0 Å². The minimum absolute atomic E-state index is 0.106. The van der Waals surface area contributed by atoms with Gasteiger partial charge in [0.1, 0.15) is 5.78 Å². The summed E-state index contributed by atoms with van der Waals surface area (Å²) in [5.41, 5.74) is 6.75. The van der Waals surface area contributed by atoms with Crippen LogP contribution < -0.4 is 30.2 Å². The molecule has 0 bridgehead atoms. The highest BCUT2D eigenvalue weighted by atomic mass is 35.5. The van der Waals surface area contributed by atoms with Gasteiger partial charge in [0, 0.05) is 97.3 Å². The van der Waals surface area contributed by atoms with Crippen molar-refractivity contribution in [2.75, 3.05) is 78.8 Å². The molecule has 4 aliphatic carbocycles. The number of nitrogens with one attached hydrogen (secondary N) is 2. The number of hydrogen-bond acceptors (Lipinski definition) is 9. The molecule has 0 radical (unpaired) electrons. The van der Waals surface area contributed by atoms with Crippen LogP contribution >= 0.6 is 46.4 Å². The molecule has 2 aliphatic heterocycles. The van der Waals surface area contributed by atoms with Gasteiger partial charge in [0.05, 0.1) is 53.5 Å². The van der Waals surface area contributed by atoms with Gasteiger partial charge in [-0.2, -0.15) is 0 Å². The molecule has 0 aromatic heterocycles. The molecule has 0 atom stereocenters. The standard InChI is InChI=1S/C58H68Cl4N6O6/c59-46-36-41(19-20-57(21-22-57)55(71)67-28-26-65(43-13-14-43)50-7-1-3-9-52(50)67)47(60)34-40(46)12-18-54(70)63-25-31-74-33-32-73-30-5-6-45(69)17-11-39-35-49(62)42(37-48(39)61)38-64-58(23-24-58)56(72)68-29-27-66(44-15-16-44)51-8-2-4-10-53(51)68/h1-4,7-10,34-37,43-44,64H,5-6,11-33,38H2,(H,63,70). The summed E-state index contributed by atoms with van der Waals surface area (Å²) in [6.45, 7) is 5.45. The number of carbonyl (C=O) groups excluding carboxylic acids is 4. The SMILES string of the molecule is O=C(CCCOCCOCCNC(=O)CCc1cc(Cl)c(CCC2(C(=O)N3CCN(C4CC4)c4ccccc43)CC2)cc1Cl)CCc1cc(Cl)c(CNC2(C(=O)N3CCN(C4CC4)c4ccccc43)CC2)cc1Cl. The molecular weight excluding hydrogens is 1020 g/mol. The van der Waals surface area contributed by atoms with Crippen molar-refractivity contribution in [3.63, 3.8) is 0 Å². The number of ether oxygens (including phenoxy) is 2. The largest absolute Gasteiger partial charge is 0.379 e. The van der Waals surface area contributed by atoms with Gasteiger partial charge in [-0.15, -0.1) is 0 Å². The predicted molar refractivity (Wildman–Crippen MR) is 296 cm³/mol. The van der Waals surface area contributed by atoms with Crippen molar-refractivity contribution in [1.82, 2.24) is 10.6 Å². The molecule has 16 heteroatoms. The first-order valence-electron chi connectivity index (χ1n) is 26.9. The maximum atomic E-state index is 14.0. The Morgan fingerprint density at radius 1 is 0.554 bits per heavy atom. The van der Waals surface area contributed by atoms with Crippen LogP contribution in [0, 0.1) is 5.41 Å². The van der Waals surface area contributed by atoms with Crippen molar-refractivity contribution in [2.45, 2.75) is 127 Å². The molecular formula is C58H68Cl4N6O6. The summed E-state index contributed by atoms with van der Waals surface area (Å²) in [5, 5.41) is 8.73. The molecule has 4 saturated carbocycles. The average molecular weight is 1090 g/mol. The summed E-state index contributed by atoms with van der Waals surface area (Å²) in [6, 6.07) is 25.2. The van der Waals surface area contributed by atoms with Crippen molar-refractivity contribution < 1.29 is 28.7 Å². The van der Waals surface area contributed by atoms with Crippen molar-refractivity contribution in [3.05, 3.63) is 115 Å². The fourth-order valence-corrected chi connectivity index (χ4v) is 12.0. The van der Waals surface area contributed by atoms with Gasteiger partial charge in [0.25, 0.3) is 0 Å². The minimum Gasteiger partial charge on any atom is -0.379 e. The number of anilines is 4. The zero-order valence-corrected chi connectivity index (χ0v) is 45.2. The number of fused-ring (bicyclic) bond motifs is 2. The summed E-state index contributed by atoms with van der Waals surface area (Å²) < 4.78 is 11.3. The minimum atomic E-state index is -0.608. The quantitative estimate of drug-likeness (QED) is 0.0592. The van der Waals surface area contributed by atoms with Crippen LogP contribution in [0.1, 0.15) is 106 Å². The van der Waals surface area contributed by atoms with E-state index in [2.05, 4.69) is 50.8 Å². The Hall–Kier alpha value is -4.40. The second kappa shape index (κ2) is 23.5. The summed E-state index contributed by atoms with van der Waals surface area (Å²) in [7, 11) is 0. The number of amides is 3. The lowest BCUT2D eigenvalue weighted by Gasteiger charge is -2.39. The topological polar surface area (TPSA) is 124 Å². The number of para-hydroxylation sites is 4. The number of carbonyl (C=O) groups is 4. The highest BCUT2D eigenvalue weighted by molar-refractivity contribution is 6.35. The first-order valence-corrected chi connectivity index (χ1v) is 28.4. The molecule has 0 spiro atoms. The summed E-state index contributed by atoms with van der Waals surface area (Å²) >= 11 is 27.0. The zero-order chi connectivity index (χ0) is 51.4. The Morgan fingerprint density at radius 3 is 1.61 bits per heavy atom.